The van der Waals surface area contributed by atoms with E-state index in [0.29, 0.717) is 31.5 Å². The normalized spacial score (nSPS) is 17.3. The maximum atomic E-state index is 12.6. The van der Waals surface area contributed by atoms with Crippen molar-refractivity contribution in [2.75, 3.05) is 0 Å². The molecule has 2 heterocycles. The lowest BCUT2D eigenvalue weighted by molar-refractivity contribution is -0.115. The quantitative estimate of drug-likeness (QED) is 0.433. The SMILES string of the molecule is CC(=O)c1sc(/N=C2\NC(=O)/C(=C/c3cc(C(C)(C)C)c(O)c(C(C)(C)C)c3)S2)nc1C. The number of hydrogen-bond donors (Lipinski definition) is 2. The fourth-order valence-electron chi connectivity index (χ4n) is 3.36. The van der Waals surface area contributed by atoms with Crippen molar-refractivity contribution in [3.63, 3.8) is 0 Å². The summed E-state index contributed by atoms with van der Waals surface area (Å²) in [6.07, 6.45) is 1.82. The van der Waals surface area contributed by atoms with Gasteiger partial charge < -0.3 is 10.4 Å². The summed E-state index contributed by atoms with van der Waals surface area (Å²) in [5.41, 5.74) is 2.65. The molecule has 0 bridgehead atoms. The molecule has 1 aromatic heterocycles. The van der Waals surface area contributed by atoms with Crippen molar-refractivity contribution in [2.24, 2.45) is 4.99 Å². The van der Waals surface area contributed by atoms with Crippen LogP contribution in [0.15, 0.2) is 22.0 Å². The molecule has 1 fully saturated rings. The zero-order valence-electron chi connectivity index (χ0n) is 19.7. The molecule has 8 heteroatoms. The van der Waals surface area contributed by atoms with Crippen LogP contribution in [0.4, 0.5) is 5.13 Å². The van der Waals surface area contributed by atoms with Crippen LogP contribution in [0.3, 0.4) is 0 Å². The lowest BCUT2D eigenvalue weighted by Crippen LogP contribution is -2.19. The number of amidine groups is 1. The molecule has 1 aliphatic rings. The highest BCUT2D eigenvalue weighted by Gasteiger charge is 2.28. The van der Waals surface area contributed by atoms with Crippen LogP contribution in [0, 0.1) is 6.92 Å². The molecule has 0 spiro atoms. The number of thiazole rings is 1. The van der Waals surface area contributed by atoms with Gasteiger partial charge in [0.2, 0.25) is 5.13 Å². The van der Waals surface area contributed by atoms with Gasteiger partial charge in [-0.1, -0.05) is 52.9 Å². The standard InChI is InChI=1S/C24H29N3O3S2/c1-12-19(13(2)28)32-21(25-12)27-22-26-20(30)17(31-22)11-14-9-15(23(3,4)5)18(29)16(10-14)24(6,7)8/h9-11,29H,1-8H3,(H,25,26,27,30)/b17-11-. The van der Waals surface area contributed by atoms with E-state index >= 15 is 0 Å². The Labute approximate surface area is 197 Å². The number of aromatic hydroxyl groups is 1. The largest absolute Gasteiger partial charge is 0.507 e. The van der Waals surface area contributed by atoms with Gasteiger partial charge >= 0.3 is 0 Å². The van der Waals surface area contributed by atoms with Crippen molar-refractivity contribution in [3.05, 3.63) is 44.3 Å². The number of carbonyl (C=O) groups excluding carboxylic acids is 2. The van der Waals surface area contributed by atoms with Gasteiger partial charge in [0, 0.05) is 18.1 Å². The summed E-state index contributed by atoms with van der Waals surface area (Å²) in [4.78, 5) is 34.1. The van der Waals surface area contributed by atoms with Gasteiger partial charge in [0.15, 0.2) is 11.0 Å². The third-order valence-electron chi connectivity index (χ3n) is 5.00. The summed E-state index contributed by atoms with van der Waals surface area (Å²) in [5.74, 6) is 0.0154. The lowest BCUT2D eigenvalue weighted by atomic mass is 9.78. The average molecular weight is 472 g/mol. The van der Waals surface area contributed by atoms with E-state index in [0.717, 1.165) is 16.7 Å². The molecule has 1 aromatic carbocycles. The number of hydrogen-bond acceptors (Lipinski definition) is 7. The molecule has 6 nitrogen and oxygen atoms in total. The van der Waals surface area contributed by atoms with E-state index in [1.807, 2.05) is 18.2 Å². The lowest BCUT2D eigenvalue weighted by Gasteiger charge is -2.28. The first-order chi connectivity index (χ1) is 14.7. The highest BCUT2D eigenvalue weighted by atomic mass is 32.2. The number of nitrogens with one attached hydrogen (secondary N) is 1. The summed E-state index contributed by atoms with van der Waals surface area (Å²) in [7, 11) is 0. The molecule has 170 valence electrons. The second-order valence-corrected chi connectivity index (χ2v) is 11.9. The van der Waals surface area contributed by atoms with Crippen LogP contribution < -0.4 is 5.32 Å². The van der Waals surface area contributed by atoms with Crippen LogP contribution in [0.1, 0.15) is 80.5 Å². The van der Waals surface area contributed by atoms with Gasteiger partial charge in [0.1, 0.15) is 5.75 Å². The number of thioether (sulfide) groups is 1. The van der Waals surface area contributed by atoms with Crippen LogP contribution >= 0.6 is 23.1 Å². The van der Waals surface area contributed by atoms with Crippen LogP contribution in [0.25, 0.3) is 6.08 Å². The molecule has 0 saturated carbocycles. The predicted molar refractivity (Wildman–Crippen MR) is 133 cm³/mol. The highest BCUT2D eigenvalue weighted by Crippen LogP contribution is 2.41. The molecule has 1 amide bonds. The molecule has 32 heavy (non-hydrogen) atoms. The van der Waals surface area contributed by atoms with Crippen LogP contribution in [-0.4, -0.2) is 26.9 Å². The number of aromatic nitrogens is 1. The number of aryl methyl sites for hydroxylation is 1. The number of Topliss-reactive ketones (excluding diaryl/α,β-unsaturated/α-hetero) is 1. The molecule has 0 radical (unpaired) electrons. The Morgan fingerprint density at radius 3 is 2.16 bits per heavy atom. The molecular formula is C24H29N3O3S2. The Bertz CT molecular complexity index is 1130. The second-order valence-electron chi connectivity index (χ2n) is 9.91. The van der Waals surface area contributed by atoms with Gasteiger partial charge in [-0.25, -0.2) is 4.98 Å². The zero-order valence-corrected chi connectivity index (χ0v) is 21.3. The van der Waals surface area contributed by atoms with Crippen molar-refractivity contribution in [2.45, 2.75) is 66.2 Å². The van der Waals surface area contributed by atoms with E-state index in [9.17, 15) is 14.7 Å². The van der Waals surface area contributed by atoms with E-state index in [1.54, 1.807) is 6.92 Å². The van der Waals surface area contributed by atoms with Gasteiger partial charge in [-0.05, 0) is 53.3 Å². The number of aliphatic imine (C=N–C) groups is 1. The summed E-state index contributed by atoms with van der Waals surface area (Å²) in [5, 5.41) is 14.5. The van der Waals surface area contributed by atoms with Crippen LogP contribution in [0.2, 0.25) is 0 Å². The minimum absolute atomic E-state index is 0.0493. The number of rotatable bonds is 3. The third-order valence-corrected chi connectivity index (χ3v) is 7.06. The average Bonchev–Trinajstić information content (AvgIpc) is 3.16. The van der Waals surface area contributed by atoms with Gasteiger partial charge in [-0.2, -0.15) is 4.99 Å². The van der Waals surface area contributed by atoms with Gasteiger partial charge in [0.25, 0.3) is 5.91 Å². The molecule has 1 aliphatic heterocycles. The molecule has 0 aliphatic carbocycles. The monoisotopic (exact) mass is 471 g/mol. The van der Waals surface area contributed by atoms with Crippen LogP contribution in [0.5, 0.6) is 5.75 Å². The first kappa shape index (κ1) is 24.2. The topological polar surface area (TPSA) is 91.7 Å². The maximum Gasteiger partial charge on any atom is 0.264 e. The predicted octanol–water partition coefficient (Wildman–Crippen LogP) is 5.85. The molecule has 0 atom stereocenters. The number of nitrogens with zero attached hydrogens (tertiary/aromatic N) is 2. The summed E-state index contributed by atoms with van der Waals surface area (Å²) in [6, 6.07) is 3.87. The molecular weight excluding hydrogens is 442 g/mol. The fourth-order valence-corrected chi connectivity index (χ4v) is 5.08. The Hall–Kier alpha value is -2.45. The van der Waals surface area contributed by atoms with Crippen molar-refractivity contribution in [1.29, 1.82) is 0 Å². The van der Waals surface area contributed by atoms with Gasteiger partial charge in [0.05, 0.1) is 15.5 Å². The second kappa shape index (κ2) is 8.48. The highest BCUT2D eigenvalue weighted by molar-refractivity contribution is 8.18. The number of benzene rings is 1. The molecule has 3 rings (SSSR count). The van der Waals surface area contributed by atoms with E-state index in [-0.39, 0.29) is 22.5 Å². The van der Waals surface area contributed by atoms with Crippen molar-refractivity contribution in [3.8, 4) is 5.75 Å². The summed E-state index contributed by atoms with van der Waals surface area (Å²) in [6.45, 7) is 15.6. The third kappa shape index (κ3) is 5.13. The summed E-state index contributed by atoms with van der Waals surface area (Å²) >= 11 is 2.44. The minimum atomic E-state index is -0.257. The number of phenolic OH excluding ortho intramolecular Hbond substituents is 1. The van der Waals surface area contributed by atoms with Gasteiger partial charge in [-0.15, -0.1) is 0 Å². The minimum Gasteiger partial charge on any atom is -0.507 e. The van der Waals surface area contributed by atoms with Crippen LogP contribution in [-0.2, 0) is 15.6 Å². The molecule has 0 unspecified atom stereocenters. The van der Waals surface area contributed by atoms with E-state index < -0.39 is 0 Å². The van der Waals surface area contributed by atoms with Crippen molar-refractivity contribution < 1.29 is 14.7 Å². The Balaban J connectivity index is 1.99. The smallest absolute Gasteiger partial charge is 0.264 e. The molecule has 2 aromatic rings. The molecule has 2 N–H and O–H groups in total. The Morgan fingerprint density at radius 1 is 1.12 bits per heavy atom. The number of carbonyl (C=O) groups is 2. The fraction of sp³-hybridized carbons (Fsp3) is 0.417. The van der Waals surface area contributed by atoms with Crippen molar-refractivity contribution >= 4 is 51.2 Å². The number of phenols is 1. The maximum absolute atomic E-state index is 12.6. The summed E-state index contributed by atoms with van der Waals surface area (Å²) < 4.78 is 0. The number of amides is 1. The van der Waals surface area contributed by atoms with E-state index in [2.05, 4.69) is 56.8 Å². The van der Waals surface area contributed by atoms with E-state index in [1.165, 1.54) is 30.0 Å². The zero-order chi connectivity index (χ0) is 24.0. The first-order valence-corrected chi connectivity index (χ1v) is 12.0. The van der Waals surface area contributed by atoms with Gasteiger partial charge in [-0.3, -0.25) is 9.59 Å². The molecule has 1 saturated heterocycles. The number of ketones is 1. The van der Waals surface area contributed by atoms with Crippen molar-refractivity contribution in [1.82, 2.24) is 10.3 Å². The first-order valence-electron chi connectivity index (χ1n) is 10.3. The Kier molecular flexibility index (Phi) is 6.41. The Morgan fingerprint density at radius 2 is 1.69 bits per heavy atom. The van der Waals surface area contributed by atoms with E-state index in [4.69, 9.17) is 0 Å².